The number of thiocarbonyl (C=S) groups is 1. The number of halogens is 1. The molecule has 0 bridgehead atoms. The number of hydrogen-bond acceptors (Lipinski definition) is 2. The molecule has 3 N–H and O–H groups in total. The zero-order valence-corrected chi connectivity index (χ0v) is 14.1. The van der Waals surface area contributed by atoms with Crippen LogP contribution in [0.15, 0.2) is 40.9 Å². The summed E-state index contributed by atoms with van der Waals surface area (Å²) in [4.78, 5) is 12.6. The van der Waals surface area contributed by atoms with E-state index in [2.05, 4.69) is 21.2 Å². The van der Waals surface area contributed by atoms with E-state index in [-0.39, 0.29) is 5.91 Å². The number of hydrogen-bond donors (Lipinski definition) is 2. The van der Waals surface area contributed by atoms with Gasteiger partial charge in [-0.1, -0.05) is 40.3 Å². The molecule has 0 fully saturated rings. The van der Waals surface area contributed by atoms with Crippen molar-refractivity contribution in [3.8, 4) is 0 Å². The van der Waals surface area contributed by atoms with Crippen molar-refractivity contribution in [3.63, 3.8) is 0 Å². The first-order chi connectivity index (χ1) is 9.88. The van der Waals surface area contributed by atoms with Crippen LogP contribution in [0.5, 0.6) is 0 Å². The molecular formula is C16H15BrN2OS. The van der Waals surface area contributed by atoms with Crippen LogP contribution in [-0.4, -0.2) is 10.9 Å². The van der Waals surface area contributed by atoms with Gasteiger partial charge in [-0.05, 0) is 49.2 Å². The van der Waals surface area contributed by atoms with Crippen LogP contribution in [-0.2, 0) is 0 Å². The Morgan fingerprint density at radius 2 is 1.57 bits per heavy atom. The number of benzene rings is 2. The van der Waals surface area contributed by atoms with E-state index in [4.69, 9.17) is 18.0 Å². The monoisotopic (exact) mass is 362 g/mol. The first-order valence-electron chi connectivity index (χ1n) is 6.36. The Kier molecular flexibility index (Phi) is 4.75. The van der Waals surface area contributed by atoms with Gasteiger partial charge in [0.25, 0.3) is 5.91 Å². The van der Waals surface area contributed by atoms with Crippen molar-refractivity contribution in [1.29, 1.82) is 0 Å². The lowest BCUT2D eigenvalue weighted by Gasteiger charge is -2.12. The zero-order chi connectivity index (χ0) is 15.6. The number of anilines is 1. The first-order valence-corrected chi connectivity index (χ1v) is 7.56. The molecule has 3 nitrogen and oxygen atoms in total. The molecule has 0 atom stereocenters. The third kappa shape index (κ3) is 3.68. The summed E-state index contributed by atoms with van der Waals surface area (Å²) in [6.45, 7) is 3.92. The highest BCUT2D eigenvalue weighted by molar-refractivity contribution is 9.10. The first kappa shape index (κ1) is 15.7. The van der Waals surface area contributed by atoms with Crippen molar-refractivity contribution < 1.29 is 4.79 Å². The quantitative estimate of drug-likeness (QED) is 0.812. The van der Waals surface area contributed by atoms with Crippen LogP contribution in [0.4, 0.5) is 5.69 Å². The topological polar surface area (TPSA) is 55.1 Å². The molecule has 0 aliphatic rings. The van der Waals surface area contributed by atoms with Crippen molar-refractivity contribution >= 4 is 44.7 Å². The second-order valence-electron chi connectivity index (χ2n) is 4.81. The summed E-state index contributed by atoms with van der Waals surface area (Å²) in [5.74, 6) is -0.155. The fourth-order valence-electron chi connectivity index (χ4n) is 2.08. The number of carbonyl (C=O) groups is 1. The second-order valence-corrected chi connectivity index (χ2v) is 6.17. The summed E-state index contributed by atoms with van der Waals surface area (Å²) in [6.07, 6.45) is 0. The van der Waals surface area contributed by atoms with Crippen LogP contribution in [0.1, 0.15) is 27.0 Å². The molecule has 0 heterocycles. The number of rotatable bonds is 3. The van der Waals surface area contributed by atoms with Gasteiger partial charge in [0.2, 0.25) is 0 Å². The average Bonchev–Trinajstić information content (AvgIpc) is 2.42. The second kappa shape index (κ2) is 6.37. The molecule has 2 aromatic rings. The number of nitrogens with two attached hydrogens (primary N) is 1. The van der Waals surface area contributed by atoms with E-state index in [1.165, 1.54) is 0 Å². The van der Waals surface area contributed by atoms with Crippen LogP contribution in [0.2, 0.25) is 0 Å². The van der Waals surface area contributed by atoms with E-state index in [0.717, 1.165) is 26.9 Å². The molecule has 21 heavy (non-hydrogen) atoms. The highest BCUT2D eigenvalue weighted by Gasteiger charge is 2.10. The Balaban J connectivity index is 2.24. The van der Waals surface area contributed by atoms with Gasteiger partial charge in [0.05, 0.1) is 0 Å². The molecule has 0 unspecified atom stereocenters. The predicted molar refractivity (Wildman–Crippen MR) is 93.9 cm³/mol. The lowest BCUT2D eigenvalue weighted by atomic mass is 10.1. The van der Waals surface area contributed by atoms with Gasteiger partial charge in [-0.3, -0.25) is 4.79 Å². The molecule has 108 valence electrons. The van der Waals surface area contributed by atoms with Gasteiger partial charge in [-0.25, -0.2) is 0 Å². The fraction of sp³-hybridized carbons (Fsp3) is 0.125. The molecule has 2 rings (SSSR count). The van der Waals surface area contributed by atoms with E-state index < -0.39 is 0 Å². The standard InChI is InChI=1S/C16H15BrN2OS/c1-9-7-13(17)8-10(2)14(9)19-16(20)12-5-3-11(4-6-12)15(18)21/h3-8H,1-2H3,(H2,18,21)(H,19,20). The Labute approximate surface area is 137 Å². The molecule has 5 heteroatoms. The van der Waals surface area contributed by atoms with Gasteiger partial charge < -0.3 is 11.1 Å². The van der Waals surface area contributed by atoms with Crippen molar-refractivity contribution in [1.82, 2.24) is 0 Å². The minimum Gasteiger partial charge on any atom is -0.389 e. The molecule has 0 aliphatic heterocycles. The van der Waals surface area contributed by atoms with Gasteiger partial charge in [0, 0.05) is 21.3 Å². The fourth-order valence-corrected chi connectivity index (χ4v) is 2.90. The van der Waals surface area contributed by atoms with Crippen LogP contribution in [0, 0.1) is 13.8 Å². The maximum Gasteiger partial charge on any atom is 0.255 e. The smallest absolute Gasteiger partial charge is 0.255 e. The van der Waals surface area contributed by atoms with Crippen LogP contribution >= 0.6 is 28.1 Å². The summed E-state index contributed by atoms with van der Waals surface area (Å²) in [6, 6.07) is 10.9. The molecular weight excluding hydrogens is 348 g/mol. The summed E-state index contributed by atoms with van der Waals surface area (Å²) < 4.78 is 0.997. The number of aryl methyl sites for hydroxylation is 2. The van der Waals surface area contributed by atoms with Crippen LogP contribution < -0.4 is 11.1 Å². The molecule has 0 saturated carbocycles. The molecule has 1 amide bonds. The number of carbonyl (C=O) groups excluding carboxylic acids is 1. The normalized spacial score (nSPS) is 10.2. The molecule has 0 aliphatic carbocycles. The molecule has 0 spiro atoms. The number of nitrogens with one attached hydrogen (secondary N) is 1. The SMILES string of the molecule is Cc1cc(Br)cc(C)c1NC(=O)c1ccc(C(N)=S)cc1. The van der Waals surface area contributed by atoms with Gasteiger partial charge in [-0.2, -0.15) is 0 Å². The minimum atomic E-state index is -0.155. The van der Waals surface area contributed by atoms with Gasteiger partial charge >= 0.3 is 0 Å². The highest BCUT2D eigenvalue weighted by atomic mass is 79.9. The van der Waals surface area contributed by atoms with E-state index in [9.17, 15) is 4.79 Å². The van der Waals surface area contributed by atoms with Crippen molar-refractivity contribution in [2.45, 2.75) is 13.8 Å². The van der Waals surface area contributed by atoms with Crippen molar-refractivity contribution in [2.24, 2.45) is 5.73 Å². The lowest BCUT2D eigenvalue weighted by Crippen LogP contribution is -2.15. The average molecular weight is 363 g/mol. The Bertz CT molecular complexity index is 688. The summed E-state index contributed by atoms with van der Waals surface area (Å²) in [7, 11) is 0. The molecule has 0 saturated heterocycles. The Hall–Kier alpha value is -1.72. The van der Waals surface area contributed by atoms with E-state index in [1.807, 2.05) is 26.0 Å². The van der Waals surface area contributed by atoms with E-state index >= 15 is 0 Å². The maximum absolute atomic E-state index is 12.3. The summed E-state index contributed by atoms with van der Waals surface area (Å²) in [5, 5.41) is 2.95. The molecule has 0 aromatic heterocycles. The minimum absolute atomic E-state index is 0.155. The van der Waals surface area contributed by atoms with Gasteiger partial charge in [0.15, 0.2) is 0 Å². The zero-order valence-electron chi connectivity index (χ0n) is 11.7. The third-order valence-electron chi connectivity index (χ3n) is 3.17. The molecule has 2 aromatic carbocycles. The molecule has 0 radical (unpaired) electrons. The number of amides is 1. The maximum atomic E-state index is 12.3. The van der Waals surface area contributed by atoms with Crippen molar-refractivity contribution in [3.05, 3.63) is 63.1 Å². The summed E-state index contributed by atoms with van der Waals surface area (Å²) in [5.41, 5.74) is 9.71. The Morgan fingerprint density at radius 3 is 2.05 bits per heavy atom. The van der Waals surface area contributed by atoms with Gasteiger partial charge in [0.1, 0.15) is 4.99 Å². The third-order valence-corrected chi connectivity index (χ3v) is 3.86. The van der Waals surface area contributed by atoms with E-state index in [0.29, 0.717) is 10.6 Å². The van der Waals surface area contributed by atoms with Gasteiger partial charge in [-0.15, -0.1) is 0 Å². The Morgan fingerprint density at radius 1 is 1.10 bits per heavy atom. The predicted octanol–water partition coefficient (Wildman–Crippen LogP) is 3.95. The highest BCUT2D eigenvalue weighted by Crippen LogP contribution is 2.25. The van der Waals surface area contributed by atoms with E-state index in [1.54, 1.807) is 24.3 Å². The van der Waals surface area contributed by atoms with Crippen molar-refractivity contribution in [2.75, 3.05) is 5.32 Å². The largest absolute Gasteiger partial charge is 0.389 e. The summed E-state index contributed by atoms with van der Waals surface area (Å²) >= 11 is 8.34. The lowest BCUT2D eigenvalue weighted by molar-refractivity contribution is 0.102. The van der Waals surface area contributed by atoms with Crippen LogP contribution in [0.3, 0.4) is 0 Å². The van der Waals surface area contributed by atoms with Crippen LogP contribution in [0.25, 0.3) is 0 Å².